The molecule has 0 fully saturated rings. The molecular formula is C15H18N4O. The molecular weight excluding hydrogens is 252 g/mol. The number of nitriles is 1. The van der Waals surface area contributed by atoms with Gasteiger partial charge in [-0.2, -0.15) is 5.26 Å². The summed E-state index contributed by atoms with van der Waals surface area (Å²) in [6.07, 6.45) is 4.78. The molecule has 0 saturated carbocycles. The Labute approximate surface area is 118 Å². The summed E-state index contributed by atoms with van der Waals surface area (Å²) in [6, 6.07) is 7.46. The highest BCUT2D eigenvalue weighted by atomic mass is 16.5. The van der Waals surface area contributed by atoms with Gasteiger partial charge in [-0.25, -0.2) is 4.98 Å². The Hall–Kier alpha value is -2.48. The van der Waals surface area contributed by atoms with E-state index in [4.69, 9.17) is 10.00 Å². The van der Waals surface area contributed by atoms with E-state index in [1.54, 1.807) is 19.2 Å². The molecule has 0 atom stereocenters. The van der Waals surface area contributed by atoms with Crippen molar-refractivity contribution in [3.05, 3.63) is 42.0 Å². The minimum atomic E-state index is 0.587. The van der Waals surface area contributed by atoms with Crippen LogP contribution in [-0.4, -0.2) is 16.7 Å². The maximum absolute atomic E-state index is 8.89. The fraction of sp³-hybridized carbons (Fsp3) is 0.333. The SMILES string of the molecule is CCCn1cncc1CNc1ccc(C#N)cc1OC. The highest BCUT2D eigenvalue weighted by molar-refractivity contribution is 5.59. The van der Waals surface area contributed by atoms with Gasteiger partial charge in [0.2, 0.25) is 0 Å². The molecule has 1 N–H and O–H groups in total. The van der Waals surface area contributed by atoms with Crippen molar-refractivity contribution in [1.82, 2.24) is 9.55 Å². The van der Waals surface area contributed by atoms with E-state index in [0.717, 1.165) is 24.3 Å². The highest BCUT2D eigenvalue weighted by Gasteiger charge is 2.06. The molecule has 1 aromatic carbocycles. The summed E-state index contributed by atoms with van der Waals surface area (Å²) in [7, 11) is 1.60. The van der Waals surface area contributed by atoms with Crippen LogP contribution in [0.2, 0.25) is 0 Å². The van der Waals surface area contributed by atoms with Crippen molar-refractivity contribution in [3.63, 3.8) is 0 Å². The summed E-state index contributed by atoms with van der Waals surface area (Å²) >= 11 is 0. The molecule has 104 valence electrons. The van der Waals surface area contributed by atoms with Gasteiger partial charge in [-0.1, -0.05) is 6.92 Å². The van der Waals surface area contributed by atoms with Crippen LogP contribution >= 0.6 is 0 Å². The third-order valence-corrected chi connectivity index (χ3v) is 3.05. The van der Waals surface area contributed by atoms with Crippen molar-refractivity contribution in [2.24, 2.45) is 0 Å². The molecule has 0 aliphatic carbocycles. The van der Waals surface area contributed by atoms with Crippen LogP contribution in [0.1, 0.15) is 24.6 Å². The molecule has 0 aliphatic rings. The predicted molar refractivity (Wildman–Crippen MR) is 77.6 cm³/mol. The third kappa shape index (κ3) is 3.09. The molecule has 2 rings (SSSR count). The second kappa shape index (κ2) is 6.62. The van der Waals surface area contributed by atoms with E-state index < -0.39 is 0 Å². The number of ether oxygens (including phenoxy) is 1. The topological polar surface area (TPSA) is 62.9 Å². The largest absolute Gasteiger partial charge is 0.495 e. The van der Waals surface area contributed by atoms with Gasteiger partial charge in [-0.15, -0.1) is 0 Å². The number of aryl methyl sites for hydroxylation is 1. The monoisotopic (exact) mass is 270 g/mol. The smallest absolute Gasteiger partial charge is 0.143 e. The average Bonchev–Trinajstić information content (AvgIpc) is 2.92. The van der Waals surface area contributed by atoms with Crippen LogP contribution in [0.25, 0.3) is 0 Å². The molecule has 1 heterocycles. The van der Waals surface area contributed by atoms with Crippen molar-refractivity contribution in [2.45, 2.75) is 26.4 Å². The Morgan fingerprint density at radius 2 is 2.30 bits per heavy atom. The van der Waals surface area contributed by atoms with Gasteiger partial charge in [0, 0.05) is 18.8 Å². The summed E-state index contributed by atoms with van der Waals surface area (Å²) in [5, 5.41) is 12.2. The zero-order chi connectivity index (χ0) is 14.4. The molecule has 0 radical (unpaired) electrons. The first-order valence-corrected chi connectivity index (χ1v) is 6.59. The van der Waals surface area contributed by atoms with E-state index in [9.17, 15) is 0 Å². The van der Waals surface area contributed by atoms with Crippen LogP contribution < -0.4 is 10.1 Å². The number of anilines is 1. The molecule has 5 heteroatoms. The van der Waals surface area contributed by atoms with E-state index in [1.165, 1.54) is 0 Å². The Bertz CT molecular complexity index is 613. The van der Waals surface area contributed by atoms with E-state index in [-0.39, 0.29) is 0 Å². The van der Waals surface area contributed by atoms with Gasteiger partial charge in [0.15, 0.2) is 0 Å². The number of nitrogens with zero attached hydrogens (tertiary/aromatic N) is 3. The highest BCUT2D eigenvalue weighted by Crippen LogP contribution is 2.25. The van der Waals surface area contributed by atoms with Gasteiger partial charge in [0.25, 0.3) is 0 Å². The molecule has 5 nitrogen and oxygen atoms in total. The summed E-state index contributed by atoms with van der Waals surface area (Å²) in [5.41, 5.74) is 2.58. The number of imidazole rings is 1. The fourth-order valence-electron chi connectivity index (χ4n) is 2.03. The maximum atomic E-state index is 8.89. The van der Waals surface area contributed by atoms with Gasteiger partial charge in [-0.3, -0.25) is 0 Å². The molecule has 0 unspecified atom stereocenters. The van der Waals surface area contributed by atoms with E-state index in [0.29, 0.717) is 17.9 Å². The van der Waals surface area contributed by atoms with Crippen LogP contribution in [0, 0.1) is 11.3 Å². The van der Waals surface area contributed by atoms with Crippen molar-refractivity contribution in [3.8, 4) is 11.8 Å². The lowest BCUT2D eigenvalue weighted by atomic mass is 10.2. The second-order valence-corrected chi connectivity index (χ2v) is 4.46. The first kappa shape index (κ1) is 13.9. The van der Waals surface area contributed by atoms with Gasteiger partial charge in [-0.05, 0) is 18.6 Å². The number of aromatic nitrogens is 2. The molecule has 0 bridgehead atoms. The first-order valence-electron chi connectivity index (χ1n) is 6.59. The number of hydrogen-bond acceptors (Lipinski definition) is 4. The lowest BCUT2D eigenvalue weighted by Crippen LogP contribution is -2.07. The lowest BCUT2D eigenvalue weighted by molar-refractivity contribution is 0.416. The molecule has 0 aliphatic heterocycles. The zero-order valence-electron chi connectivity index (χ0n) is 11.8. The molecule has 20 heavy (non-hydrogen) atoms. The second-order valence-electron chi connectivity index (χ2n) is 4.46. The van der Waals surface area contributed by atoms with Crippen LogP contribution in [0.15, 0.2) is 30.7 Å². The Kier molecular flexibility index (Phi) is 4.61. The molecule has 0 amide bonds. The third-order valence-electron chi connectivity index (χ3n) is 3.05. The molecule has 2 aromatic rings. The minimum absolute atomic E-state index is 0.587. The van der Waals surface area contributed by atoms with Crippen LogP contribution in [0.3, 0.4) is 0 Å². The fourth-order valence-corrected chi connectivity index (χ4v) is 2.03. The number of hydrogen-bond donors (Lipinski definition) is 1. The quantitative estimate of drug-likeness (QED) is 0.876. The predicted octanol–water partition coefficient (Wildman–Crippen LogP) is 2.79. The van der Waals surface area contributed by atoms with Gasteiger partial charge in [0.1, 0.15) is 5.75 Å². The standard InChI is InChI=1S/C15H18N4O/c1-3-6-19-11-17-9-13(19)10-18-14-5-4-12(8-16)7-15(14)20-2/h4-5,7,9,11,18H,3,6,10H2,1-2H3. The first-order chi connectivity index (χ1) is 9.78. The normalized spacial score (nSPS) is 10.1. The summed E-state index contributed by atoms with van der Waals surface area (Å²) in [6.45, 7) is 3.77. The van der Waals surface area contributed by atoms with E-state index in [2.05, 4.69) is 27.9 Å². The number of nitrogens with one attached hydrogen (secondary N) is 1. The number of rotatable bonds is 6. The summed E-state index contributed by atoms with van der Waals surface area (Å²) < 4.78 is 7.43. The Morgan fingerprint density at radius 3 is 3.00 bits per heavy atom. The molecule has 1 aromatic heterocycles. The molecule has 0 spiro atoms. The number of benzene rings is 1. The van der Waals surface area contributed by atoms with E-state index >= 15 is 0 Å². The van der Waals surface area contributed by atoms with Crippen molar-refractivity contribution < 1.29 is 4.74 Å². The lowest BCUT2D eigenvalue weighted by Gasteiger charge is -2.12. The van der Waals surface area contributed by atoms with Crippen molar-refractivity contribution >= 4 is 5.69 Å². The Morgan fingerprint density at radius 1 is 1.45 bits per heavy atom. The molecule has 0 saturated heterocycles. The van der Waals surface area contributed by atoms with Gasteiger partial charge >= 0.3 is 0 Å². The van der Waals surface area contributed by atoms with Gasteiger partial charge < -0.3 is 14.6 Å². The Balaban J connectivity index is 2.10. The average molecular weight is 270 g/mol. The minimum Gasteiger partial charge on any atom is -0.495 e. The van der Waals surface area contributed by atoms with Crippen molar-refractivity contribution in [1.29, 1.82) is 5.26 Å². The van der Waals surface area contributed by atoms with Crippen LogP contribution in [-0.2, 0) is 13.1 Å². The maximum Gasteiger partial charge on any atom is 0.143 e. The van der Waals surface area contributed by atoms with Crippen molar-refractivity contribution in [2.75, 3.05) is 12.4 Å². The number of methoxy groups -OCH3 is 1. The van der Waals surface area contributed by atoms with Gasteiger partial charge in [0.05, 0.1) is 43.0 Å². The summed E-state index contributed by atoms with van der Waals surface area (Å²) in [4.78, 5) is 4.17. The van der Waals surface area contributed by atoms with E-state index in [1.807, 2.05) is 18.6 Å². The van der Waals surface area contributed by atoms with Crippen LogP contribution in [0.4, 0.5) is 5.69 Å². The zero-order valence-corrected chi connectivity index (χ0v) is 11.8. The summed E-state index contributed by atoms with van der Waals surface area (Å²) in [5.74, 6) is 0.672. The van der Waals surface area contributed by atoms with Crippen LogP contribution in [0.5, 0.6) is 5.75 Å².